The Morgan fingerprint density at radius 1 is 1.23 bits per heavy atom. The quantitative estimate of drug-likeness (QED) is 0.757. The van der Waals surface area contributed by atoms with E-state index in [1.54, 1.807) is 38.4 Å². The Labute approximate surface area is 129 Å². The number of amides is 2. The molecule has 5 heteroatoms. The third-order valence-electron chi connectivity index (χ3n) is 3.07. The Morgan fingerprint density at radius 2 is 2.00 bits per heavy atom. The van der Waals surface area contributed by atoms with Crippen molar-refractivity contribution in [3.63, 3.8) is 0 Å². The first-order valence-corrected chi connectivity index (χ1v) is 6.77. The van der Waals surface area contributed by atoms with Gasteiger partial charge in [0.2, 0.25) is 0 Å². The minimum atomic E-state index is -0.361. The topological polar surface area (TPSA) is 70.6 Å². The normalized spacial score (nSPS) is 10.5. The molecule has 2 amide bonds. The van der Waals surface area contributed by atoms with Gasteiger partial charge in [-0.25, -0.2) is 4.79 Å². The Hall–Kier alpha value is -2.95. The average molecular weight is 298 g/mol. The highest BCUT2D eigenvalue weighted by atomic mass is 16.5. The maximum absolute atomic E-state index is 11.8. The molecule has 2 rings (SSSR count). The van der Waals surface area contributed by atoms with Crippen molar-refractivity contribution in [2.24, 2.45) is 0 Å². The van der Waals surface area contributed by atoms with Gasteiger partial charge in [0.1, 0.15) is 11.5 Å². The molecule has 0 fully saturated rings. The fourth-order valence-corrected chi connectivity index (χ4v) is 1.96. The van der Waals surface area contributed by atoms with E-state index in [4.69, 9.17) is 4.74 Å². The summed E-state index contributed by atoms with van der Waals surface area (Å²) in [4.78, 5) is 11.8. The van der Waals surface area contributed by atoms with Gasteiger partial charge in [-0.1, -0.05) is 18.2 Å². The number of nitrogens with one attached hydrogen (secondary N) is 2. The third-order valence-corrected chi connectivity index (χ3v) is 3.07. The number of urea groups is 1. The van der Waals surface area contributed by atoms with Gasteiger partial charge in [0.05, 0.1) is 7.11 Å². The van der Waals surface area contributed by atoms with Crippen molar-refractivity contribution in [1.82, 2.24) is 5.32 Å². The summed E-state index contributed by atoms with van der Waals surface area (Å²) in [7, 11) is 1.60. The molecule has 0 aliphatic heterocycles. The number of hydrogen-bond acceptors (Lipinski definition) is 3. The molecule has 0 saturated heterocycles. The van der Waals surface area contributed by atoms with Crippen LogP contribution in [0.4, 0.5) is 10.5 Å². The highest BCUT2D eigenvalue weighted by molar-refractivity contribution is 5.91. The summed E-state index contributed by atoms with van der Waals surface area (Å²) < 4.78 is 5.22. The second kappa shape index (κ2) is 7.17. The Balaban J connectivity index is 1.96. The second-order valence-electron chi connectivity index (χ2n) is 4.67. The van der Waals surface area contributed by atoms with Crippen LogP contribution >= 0.6 is 0 Å². The fourth-order valence-electron chi connectivity index (χ4n) is 1.96. The smallest absolute Gasteiger partial charge is 0.323 e. The van der Waals surface area contributed by atoms with Crippen molar-refractivity contribution in [2.45, 2.75) is 6.92 Å². The number of carbonyl (C=O) groups excluding carboxylic acids is 1. The number of aryl methyl sites for hydroxylation is 1. The number of methoxy groups -OCH3 is 1. The van der Waals surface area contributed by atoms with Gasteiger partial charge in [-0.2, -0.15) is 0 Å². The van der Waals surface area contributed by atoms with Gasteiger partial charge in [-0.3, -0.25) is 0 Å². The molecule has 114 valence electrons. The van der Waals surface area contributed by atoms with Gasteiger partial charge >= 0.3 is 6.03 Å². The summed E-state index contributed by atoms with van der Waals surface area (Å²) in [5.74, 6) is 0.898. The monoisotopic (exact) mass is 298 g/mol. The third kappa shape index (κ3) is 4.02. The first-order chi connectivity index (χ1) is 10.6. The lowest BCUT2D eigenvalue weighted by atomic mass is 10.2. The molecule has 0 atom stereocenters. The van der Waals surface area contributed by atoms with Crippen LogP contribution in [-0.2, 0) is 0 Å². The van der Waals surface area contributed by atoms with Crippen LogP contribution in [0.25, 0.3) is 6.08 Å². The highest BCUT2D eigenvalue weighted by Gasteiger charge is 2.03. The van der Waals surface area contributed by atoms with E-state index in [1.165, 1.54) is 6.07 Å². The van der Waals surface area contributed by atoms with Crippen molar-refractivity contribution in [2.75, 3.05) is 12.4 Å². The summed E-state index contributed by atoms with van der Waals surface area (Å²) in [6, 6.07) is 11.9. The molecule has 3 N–H and O–H groups in total. The van der Waals surface area contributed by atoms with E-state index in [1.807, 2.05) is 24.3 Å². The zero-order chi connectivity index (χ0) is 15.9. The van der Waals surface area contributed by atoms with E-state index in [2.05, 4.69) is 10.6 Å². The van der Waals surface area contributed by atoms with E-state index in [0.717, 1.165) is 16.9 Å². The van der Waals surface area contributed by atoms with Crippen LogP contribution in [0.3, 0.4) is 0 Å². The minimum Gasteiger partial charge on any atom is -0.508 e. The van der Waals surface area contributed by atoms with Gasteiger partial charge in [0, 0.05) is 17.5 Å². The lowest BCUT2D eigenvalue weighted by molar-refractivity contribution is 0.255. The summed E-state index contributed by atoms with van der Waals surface area (Å²) in [5.41, 5.74) is 2.29. The fraction of sp³-hybridized carbons (Fsp3) is 0.118. The molecule has 2 aromatic carbocycles. The standard InChI is InChI=1S/C17H18N2O3/c1-12-11-14(20)7-8-15(12)19-17(21)18-10-9-13-5-3-4-6-16(13)22-2/h3-11,20H,1-2H3,(H2,18,19,21)/b10-9+. The first kappa shape index (κ1) is 15.4. The SMILES string of the molecule is COc1ccccc1/C=C/NC(=O)Nc1ccc(O)cc1C. The molecule has 0 aliphatic carbocycles. The number of anilines is 1. The van der Waals surface area contributed by atoms with Crippen LogP contribution in [0.5, 0.6) is 11.5 Å². The van der Waals surface area contributed by atoms with Gasteiger partial charge in [-0.05, 0) is 42.8 Å². The summed E-state index contributed by atoms with van der Waals surface area (Å²) in [6.07, 6.45) is 3.30. The molecule has 0 saturated carbocycles. The number of ether oxygens (including phenoxy) is 1. The van der Waals surface area contributed by atoms with Gasteiger partial charge in [-0.15, -0.1) is 0 Å². The number of phenols is 1. The predicted octanol–water partition coefficient (Wildman–Crippen LogP) is 3.50. The van der Waals surface area contributed by atoms with Crippen LogP contribution < -0.4 is 15.4 Å². The highest BCUT2D eigenvalue weighted by Crippen LogP contribution is 2.20. The van der Waals surface area contributed by atoms with E-state index in [0.29, 0.717) is 5.69 Å². The molecule has 0 spiro atoms. The van der Waals surface area contributed by atoms with Crippen molar-refractivity contribution in [1.29, 1.82) is 0 Å². The van der Waals surface area contributed by atoms with Crippen LogP contribution in [0.15, 0.2) is 48.7 Å². The van der Waals surface area contributed by atoms with Crippen molar-refractivity contribution in [3.05, 3.63) is 59.8 Å². The van der Waals surface area contributed by atoms with E-state index < -0.39 is 0 Å². The number of rotatable bonds is 4. The van der Waals surface area contributed by atoms with Crippen LogP contribution in [0.1, 0.15) is 11.1 Å². The van der Waals surface area contributed by atoms with Gasteiger partial charge in [0.25, 0.3) is 0 Å². The zero-order valence-corrected chi connectivity index (χ0v) is 12.5. The van der Waals surface area contributed by atoms with Crippen LogP contribution in [0.2, 0.25) is 0 Å². The largest absolute Gasteiger partial charge is 0.508 e. The molecule has 0 heterocycles. The number of phenolic OH excluding ortho intramolecular Hbond substituents is 1. The molecule has 0 radical (unpaired) electrons. The average Bonchev–Trinajstić information content (AvgIpc) is 2.50. The Kier molecular flexibility index (Phi) is 5.03. The van der Waals surface area contributed by atoms with Crippen molar-refractivity contribution < 1.29 is 14.6 Å². The van der Waals surface area contributed by atoms with Crippen molar-refractivity contribution in [3.8, 4) is 11.5 Å². The number of aromatic hydroxyl groups is 1. The maximum atomic E-state index is 11.8. The minimum absolute atomic E-state index is 0.166. The number of para-hydroxylation sites is 1. The molecule has 2 aromatic rings. The lowest BCUT2D eigenvalue weighted by Crippen LogP contribution is -2.24. The van der Waals surface area contributed by atoms with E-state index >= 15 is 0 Å². The second-order valence-corrected chi connectivity index (χ2v) is 4.67. The number of benzene rings is 2. The molecule has 22 heavy (non-hydrogen) atoms. The summed E-state index contributed by atoms with van der Waals surface area (Å²) in [6.45, 7) is 1.81. The predicted molar refractivity (Wildman–Crippen MR) is 87.0 cm³/mol. The molecule has 0 aliphatic rings. The summed E-state index contributed by atoms with van der Waals surface area (Å²) in [5, 5.41) is 14.7. The van der Waals surface area contributed by atoms with Gasteiger partial charge < -0.3 is 20.5 Å². The first-order valence-electron chi connectivity index (χ1n) is 6.77. The van der Waals surface area contributed by atoms with E-state index in [-0.39, 0.29) is 11.8 Å². The Bertz CT molecular complexity index is 696. The molecule has 0 bridgehead atoms. The molecular formula is C17H18N2O3. The lowest BCUT2D eigenvalue weighted by Gasteiger charge is -2.08. The molecule has 5 nitrogen and oxygen atoms in total. The summed E-state index contributed by atoms with van der Waals surface area (Å²) >= 11 is 0. The van der Waals surface area contributed by atoms with Crippen molar-refractivity contribution >= 4 is 17.8 Å². The molecular weight excluding hydrogens is 280 g/mol. The number of carbonyl (C=O) groups is 1. The number of hydrogen-bond donors (Lipinski definition) is 3. The Morgan fingerprint density at radius 3 is 2.73 bits per heavy atom. The van der Waals surface area contributed by atoms with Gasteiger partial charge in [0.15, 0.2) is 0 Å². The molecule has 0 unspecified atom stereocenters. The van der Waals surface area contributed by atoms with E-state index in [9.17, 15) is 9.90 Å². The zero-order valence-electron chi connectivity index (χ0n) is 12.5. The maximum Gasteiger partial charge on any atom is 0.323 e. The molecule has 0 aromatic heterocycles. The van der Waals surface area contributed by atoms with Crippen LogP contribution in [-0.4, -0.2) is 18.2 Å². The van der Waals surface area contributed by atoms with Crippen LogP contribution in [0, 0.1) is 6.92 Å².